The monoisotopic (exact) mass is 128 g/mol. The lowest BCUT2D eigenvalue weighted by molar-refractivity contribution is 0.159. The minimum absolute atomic E-state index is 0.435. The van der Waals surface area contributed by atoms with Gasteiger partial charge in [-0.3, -0.25) is 0 Å². The van der Waals surface area contributed by atoms with Crippen LogP contribution >= 0.6 is 12.6 Å². The number of rotatable bonds is 1. The number of allylic oxidation sites excluding steroid dienone is 1. The van der Waals surface area contributed by atoms with Crippen LogP contribution in [0.4, 0.5) is 13.2 Å². The van der Waals surface area contributed by atoms with Crippen molar-refractivity contribution in [1.82, 2.24) is 0 Å². The predicted octanol–water partition coefficient (Wildman–Crippen LogP) is 1.99. The zero-order chi connectivity index (χ0) is 5.86. The minimum Gasteiger partial charge on any atom is -0.205 e. The summed E-state index contributed by atoms with van der Waals surface area (Å²) in [6, 6.07) is 0. The molecule has 0 aliphatic carbocycles. The van der Waals surface area contributed by atoms with E-state index < -0.39 is 12.3 Å². The van der Waals surface area contributed by atoms with Gasteiger partial charge in [-0.2, -0.15) is 0 Å². The Balaban J connectivity index is 3.56. The molecule has 0 atom stereocenters. The third-order valence-electron chi connectivity index (χ3n) is 0.332. The van der Waals surface area contributed by atoms with E-state index in [1.165, 1.54) is 0 Å². The normalized spacial score (nSPS) is 13.0. The van der Waals surface area contributed by atoms with Crippen molar-refractivity contribution in [2.24, 2.45) is 0 Å². The lowest BCUT2D eigenvalue weighted by Gasteiger charge is -1.87. The summed E-state index contributed by atoms with van der Waals surface area (Å²) in [5.41, 5.74) is 0. The Morgan fingerprint density at radius 3 is 2.00 bits per heavy atom. The van der Waals surface area contributed by atoms with Crippen LogP contribution in [-0.2, 0) is 0 Å². The summed E-state index contributed by atoms with van der Waals surface area (Å²) < 4.78 is 33.2. The molecule has 0 radical (unpaired) electrons. The molecule has 0 unspecified atom stereocenters. The molecule has 0 rings (SSSR count). The maximum absolute atomic E-state index is 11.3. The van der Waals surface area contributed by atoms with Crippen LogP contribution in [0.5, 0.6) is 0 Å². The number of thiol groups is 1. The summed E-state index contributed by atoms with van der Waals surface area (Å²) >= 11 is 3.14. The Kier molecular flexibility index (Phi) is 2.91. The summed E-state index contributed by atoms with van der Waals surface area (Å²) in [7, 11) is 0. The molecule has 0 aliphatic heterocycles. The number of alkyl halides is 2. The van der Waals surface area contributed by atoms with Gasteiger partial charge in [0, 0.05) is 5.41 Å². The fourth-order valence-electron chi connectivity index (χ4n) is 0.0563. The van der Waals surface area contributed by atoms with Gasteiger partial charge in [0.2, 0.25) is 0 Å². The zero-order valence-electron chi connectivity index (χ0n) is 3.24. The minimum atomic E-state index is -3.02. The summed E-state index contributed by atoms with van der Waals surface area (Å²) in [6.07, 6.45) is -3.02. The fourth-order valence-corrected chi connectivity index (χ4v) is 0.169. The second-order valence-electron chi connectivity index (χ2n) is 0.815. The molecule has 0 aromatic rings. The standard InChI is InChI=1S/C3H3F3S/c4-2(1-7)3(5)6/h1,3,7H/b2-1+. The molecule has 0 aliphatic rings. The first kappa shape index (κ1) is 6.88. The first-order chi connectivity index (χ1) is 3.18. The average molecular weight is 128 g/mol. The van der Waals surface area contributed by atoms with Gasteiger partial charge in [-0.15, -0.1) is 12.6 Å². The molecular formula is C3H3F3S. The largest absolute Gasteiger partial charge is 0.289 e. The quantitative estimate of drug-likeness (QED) is 0.513. The molecule has 0 nitrogen and oxygen atoms in total. The lowest BCUT2D eigenvalue weighted by atomic mass is 10.6. The summed E-state index contributed by atoms with van der Waals surface area (Å²) in [5, 5.41) is 0.435. The summed E-state index contributed by atoms with van der Waals surface area (Å²) in [6.45, 7) is 0. The molecule has 7 heavy (non-hydrogen) atoms. The smallest absolute Gasteiger partial charge is 0.205 e. The Morgan fingerprint density at radius 2 is 2.00 bits per heavy atom. The van der Waals surface area contributed by atoms with E-state index >= 15 is 0 Å². The van der Waals surface area contributed by atoms with Crippen LogP contribution < -0.4 is 0 Å². The van der Waals surface area contributed by atoms with Crippen molar-refractivity contribution >= 4 is 12.6 Å². The van der Waals surface area contributed by atoms with Crippen molar-refractivity contribution in [3.05, 3.63) is 11.2 Å². The highest BCUT2D eigenvalue weighted by Gasteiger charge is 2.06. The van der Waals surface area contributed by atoms with Crippen LogP contribution in [0.15, 0.2) is 11.2 Å². The van der Waals surface area contributed by atoms with Gasteiger partial charge in [0.15, 0.2) is 5.83 Å². The topological polar surface area (TPSA) is 0 Å². The van der Waals surface area contributed by atoms with Crippen LogP contribution in [0.2, 0.25) is 0 Å². The predicted molar refractivity (Wildman–Crippen MR) is 24.2 cm³/mol. The first-order valence-corrected chi connectivity index (χ1v) is 1.98. The highest BCUT2D eigenvalue weighted by Crippen LogP contribution is 2.09. The van der Waals surface area contributed by atoms with Gasteiger partial charge in [0.05, 0.1) is 0 Å². The van der Waals surface area contributed by atoms with E-state index in [1.54, 1.807) is 0 Å². The van der Waals surface area contributed by atoms with E-state index in [1.807, 2.05) is 0 Å². The molecule has 0 heterocycles. The van der Waals surface area contributed by atoms with Gasteiger partial charge in [-0.25, -0.2) is 13.2 Å². The molecule has 0 aromatic heterocycles. The molecule has 0 amide bonds. The number of hydrogen-bond donors (Lipinski definition) is 1. The van der Waals surface area contributed by atoms with Gasteiger partial charge in [-0.1, -0.05) is 0 Å². The van der Waals surface area contributed by atoms with Crippen LogP contribution in [0.3, 0.4) is 0 Å². The van der Waals surface area contributed by atoms with E-state index in [4.69, 9.17) is 0 Å². The Labute approximate surface area is 44.4 Å². The van der Waals surface area contributed by atoms with Crippen LogP contribution in [-0.4, -0.2) is 6.43 Å². The summed E-state index contributed by atoms with van der Waals surface area (Å²) in [4.78, 5) is 0. The lowest BCUT2D eigenvalue weighted by Crippen LogP contribution is -1.86. The highest BCUT2D eigenvalue weighted by atomic mass is 32.1. The van der Waals surface area contributed by atoms with Crippen molar-refractivity contribution < 1.29 is 13.2 Å². The number of hydrogen-bond acceptors (Lipinski definition) is 1. The van der Waals surface area contributed by atoms with Crippen molar-refractivity contribution in [1.29, 1.82) is 0 Å². The Bertz CT molecular complexity index is 78.2. The molecule has 0 aromatic carbocycles. The zero-order valence-corrected chi connectivity index (χ0v) is 4.13. The molecule has 0 saturated carbocycles. The van der Waals surface area contributed by atoms with E-state index in [2.05, 4.69) is 12.6 Å². The third-order valence-corrected chi connectivity index (χ3v) is 0.578. The van der Waals surface area contributed by atoms with Crippen molar-refractivity contribution in [3.63, 3.8) is 0 Å². The van der Waals surface area contributed by atoms with Gasteiger partial charge >= 0.3 is 0 Å². The maximum Gasteiger partial charge on any atom is 0.289 e. The van der Waals surface area contributed by atoms with Crippen molar-refractivity contribution in [2.45, 2.75) is 6.43 Å². The molecule has 0 saturated heterocycles. The van der Waals surface area contributed by atoms with E-state index in [0.29, 0.717) is 5.41 Å². The number of halogens is 3. The fraction of sp³-hybridized carbons (Fsp3) is 0.333. The molecule has 0 spiro atoms. The van der Waals surface area contributed by atoms with E-state index in [-0.39, 0.29) is 0 Å². The van der Waals surface area contributed by atoms with E-state index in [9.17, 15) is 13.2 Å². The highest BCUT2D eigenvalue weighted by molar-refractivity contribution is 7.83. The van der Waals surface area contributed by atoms with E-state index in [0.717, 1.165) is 0 Å². The van der Waals surface area contributed by atoms with Gasteiger partial charge < -0.3 is 0 Å². The molecule has 4 heteroatoms. The molecule has 0 bridgehead atoms. The van der Waals surface area contributed by atoms with Crippen LogP contribution in [0.1, 0.15) is 0 Å². The molecule has 0 fully saturated rings. The molecular weight excluding hydrogens is 125 g/mol. The SMILES string of the molecule is F/C(=C/S)C(F)F. The Morgan fingerprint density at radius 1 is 1.57 bits per heavy atom. The third kappa shape index (κ3) is 2.56. The second kappa shape index (κ2) is 2.96. The average Bonchev–Trinajstić information content (AvgIpc) is 1.65. The van der Waals surface area contributed by atoms with Crippen molar-refractivity contribution in [3.8, 4) is 0 Å². The van der Waals surface area contributed by atoms with Gasteiger partial charge in [0.25, 0.3) is 6.43 Å². The first-order valence-electron chi connectivity index (χ1n) is 1.46. The van der Waals surface area contributed by atoms with Crippen LogP contribution in [0.25, 0.3) is 0 Å². The van der Waals surface area contributed by atoms with Gasteiger partial charge in [0.1, 0.15) is 0 Å². The van der Waals surface area contributed by atoms with Gasteiger partial charge in [-0.05, 0) is 0 Å². The second-order valence-corrected chi connectivity index (χ2v) is 1.07. The Hall–Kier alpha value is -0.120. The molecule has 42 valence electrons. The van der Waals surface area contributed by atoms with Crippen molar-refractivity contribution in [2.75, 3.05) is 0 Å². The maximum atomic E-state index is 11.3. The van der Waals surface area contributed by atoms with Crippen LogP contribution in [0, 0.1) is 0 Å². The molecule has 0 N–H and O–H groups in total. The summed E-state index contributed by atoms with van der Waals surface area (Å²) in [5.74, 6) is -1.50.